The fourth-order valence-electron chi connectivity index (χ4n) is 2.56. The number of carbonyl (C=O) groups is 1. The molecule has 0 amide bonds. The predicted octanol–water partition coefficient (Wildman–Crippen LogP) is 2.82. The Morgan fingerprint density at radius 1 is 1.15 bits per heavy atom. The SMILES string of the molecule is CC(C)C(C)S(=O)(=O)CC(=O)c1ccc2c(c1)CCC2. The van der Waals surface area contributed by atoms with Crippen molar-refractivity contribution in [1.29, 1.82) is 0 Å². The molecule has 1 aromatic rings. The molecule has 0 N–H and O–H groups in total. The van der Waals surface area contributed by atoms with E-state index in [-0.39, 0.29) is 17.5 Å². The number of rotatable bonds is 5. The van der Waals surface area contributed by atoms with Crippen LogP contribution in [0.4, 0.5) is 0 Å². The monoisotopic (exact) mass is 294 g/mol. The third-order valence-corrected chi connectivity index (χ3v) is 6.60. The summed E-state index contributed by atoms with van der Waals surface area (Å²) in [5, 5.41) is -0.485. The van der Waals surface area contributed by atoms with Crippen LogP contribution in [0.5, 0.6) is 0 Å². The zero-order chi connectivity index (χ0) is 14.9. The fraction of sp³-hybridized carbons (Fsp3) is 0.562. The number of benzene rings is 1. The van der Waals surface area contributed by atoms with Crippen LogP contribution in [0.2, 0.25) is 0 Å². The molecule has 1 aliphatic rings. The number of ketones is 1. The van der Waals surface area contributed by atoms with E-state index in [0.29, 0.717) is 5.56 Å². The molecule has 0 aromatic heterocycles. The van der Waals surface area contributed by atoms with Gasteiger partial charge in [0.1, 0.15) is 5.75 Å². The van der Waals surface area contributed by atoms with Crippen molar-refractivity contribution in [2.45, 2.75) is 45.3 Å². The van der Waals surface area contributed by atoms with Gasteiger partial charge in [0, 0.05) is 5.56 Å². The number of carbonyl (C=O) groups excluding carboxylic acids is 1. The van der Waals surface area contributed by atoms with E-state index in [4.69, 9.17) is 0 Å². The standard InChI is InChI=1S/C16H22O3S/c1-11(2)12(3)20(18,19)10-16(17)15-8-7-13-5-4-6-14(13)9-15/h7-9,11-12H,4-6,10H2,1-3H3. The number of aryl methyl sites for hydroxylation is 2. The molecule has 0 radical (unpaired) electrons. The quantitative estimate of drug-likeness (QED) is 0.785. The first kappa shape index (κ1) is 15.2. The molecule has 1 aliphatic carbocycles. The van der Waals surface area contributed by atoms with Gasteiger partial charge in [-0.3, -0.25) is 4.79 Å². The highest BCUT2D eigenvalue weighted by Gasteiger charge is 2.27. The van der Waals surface area contributed by atoms with E-state index < -0.39 is 15.1 Å². The zero-order valence-corrected chi connectivity index (χ0v) is 13.2. The minimum atomic E-state index is -3.37. The lowest BCUT2D eigenvalue weighted by Gasteiger charge is -2.16. The normalized spacial score (nSPS) is 16.2. The first-order valence-electron chi connectivity index (χ1n) is 7.18. The maximum Gasteiger partial charge on any atom is 0.177 e. The first-order valence-corrected chi connectivity index (χ1v) is 8.89. The Labute approximate surface area is 121 Å². The van der Waals surface area contributed by atoms with Crippen molar-refractivity contribution in [2.75, 3.05) is 5.75 Å². The van der Waals surface area contributed by atoms with Crippen LogP contribution in [0, 0.1) is 5.92 Å². The Morgan fingerprint density at radius 2 is 1.80 bits per heavy atom. The molecule has 1 unspecified atom stereocenters. The number of Topliss-reactive ketones (excluding diaryl/α,β-unsaturated/α-hetero) is 1. The van der Waals surface area contributed by atoms with E-state index >= 15 is 0 Å². The average molecular weight is 294 g/mol. The Hall–Kier alpha value is -1.16. The third kappa shape index (κ3) is 3.11. The van der Waals surface area contributed by atoms with Crippen molar-refractivity contribution < 1.29 is 13.2 Å². The molecule has 4 heteroatoms. The molecule has 1 atom stereocenters. The Morgan fingerprint density at radius 3 is 2.45 bits per heavy atom. The maximum atomic E-state index is 12.2. The first-order chi connectivity index (χ1) is 9.31. The van der Waals surface area contributed by atoms with Gasteiger partial charge in [-0.1, -0.05) is 26.0 Å². The van der Waals surface area contributed by atoms with Crippen LogP contribution < -0.4 is 0 Å². The van der Waals surface area contributed by atoms with E-state index in [9.17, 15) is 13.2 Å². The number of hydrogen-bond acceptors (Lipinski definition) is 3. The molecule has 110 valence electrons. The van der Waals surface area contributed by atoms with Gasteiger partial charge in [-0.05, 0) is 49.3 Å². The maximum absolute atomic E-state index is 12.2. The van der Waals surface area contributed by atoms with Crippen molar-refractivity contribution in [1.82, 2.24) is 0 Å². The van der Waals surface area contributed by atoms with Gasteiger partial charge in [0.15, 0.2) is 15.6 Å². The molecule has 1 aromatic carbocycles. The topological polar surface area (TPSA) is 51.2 Å². The van der Waals surface area contributed by atoms with E-state index in [2.05, 4.69) is 0 Å². The highest BCUT2D eigenvalue weighted by molar-refractivity contribution is 7.92. The molecule has 0 aliphatic heterocycles. The summed E-state index contributed by atoms with van der Waals surface area (Å²) in [7, 11) is -3.37. The van der Waals surface area contributed by atoms with Crippen molar-refractivity contribution in [3.8, 4) is 0 Å². The molecule has 0 spiro atoms. The molecule has 2 rings (SSSR count). The van der Waals surface area contributed by atoms with E-state index in [1.807, 2.05) is 26.0 Å². The molecule has 0 saturated carbocycles. The lowest BCUT2D eigenvalue weighted by Crippen LogP contribution is -2.29. The minimum absolute atomic E-state index is 0.0211. The lowest BCUT2D eigenvalue weighted by molar-refractivity contribution is 0.102. The molecule has 20 heavy (non-hydrogen) atoms. The van der Waals surface area contributed by atoms with Crippen LogP contribution in [0.25, 0.3) is 0 Å². The van der Waals surface area contributed by atoms with Gasteiger partial charge in [-0.15, -0.1) is 0 Å². The van der Waals surface area contributed by atoms with Gasteiger partial charge in [-0.25, -0.2) is 8.42 Å². The molecular formula is C16H22O3S. The second kappa shape index (κ2) is 5.68. The van der Waals surface area contributed by atoms with Gasteiger partial charge in [0.2, 0.25) is 0 Å². The molecule has 0 heterocycles. The van der Waals surface area contributed by atoms with Crippen LogP contribution in [0.3, 0.4) is 0 Å². The lowest BCUT2D eigenvalue weighted by atomic mass is 10.0. The Balaban J connectivity index is 2.17. The molecule has 3 nitrogen and oxygen atoms in total. The second-order valence-corrected chi connectivity index (χ2v) is 8.37. The summed E-state index contributed by atoms with van der Waals surface area (Å²) < 4.78 is 24.3. The summed E-state index contributed by atoms with van der Waals surface area (Å²) in [6, 6.07) is 5.61. The molecular weight excluding hydrogens is 272 g/mol. The largest absolute Gasteiger partial charge is 0.293 e. The Kier molecular flexibility index (Phi) is 4.33. The van der Waals surface area contributed by atoms with Crippen molar-refractivity contribution >= 4 is 15.6 Å². The number of fused-ring (bicyclic) bond motifs is 1. The average Bonchev–Trinajstić information content (AvgIpc) is 2.84. The molecule has 0 fully saturated rings. The summed E-state index contributed by atoms with van der Waals surface area (Å²) >= 11 is 0. The zero-order valence-electron chi connectivity index (χ0n) is 12.3. The summed E-state index contributed by atoms with van der Waals surface area (Å²) in [4.78, 5) is 12.2. The van der Waals surface area contributed by atoms with Crippen LogP contribution >= 0.6 is 0 Å². The highest BCUT2D eigenvalue weighted by atomic mass is 32.2. The van der Waals surface area contributed by atoms with Crippen LogP contribution in [-0.4, -0.2) is 25.2 Å². The van der Waals surface area contributed by atoms with E-state index in [1.54, 1.807) is 13.0 Å². The van der Waals surface area contributed by atoms with Crippen LogP contribution in [0.15, 0.2) is 18.2 Å². The molecule has 0 saturated heterocycles. The third-order valence-electron chi connectivity index (χ3n) is 4.26. The Bertz CT molecular complexity index is 615. The van der Waals surface area contributed by atoms with E-state index in [0.717, 1.165) is 19.3 Å². The minimum Gasteiger partial charge on any atom is -0.293 e. The van der Waals surface area contributed by atoms with Gasteiger partial charge < -0.3 is 0 Å². The highest BCUT2D eigenvalue weighted by Crippen LogP contribution is 2.23. The van der Waals surface area contributed by atoms with Gasteiger partial charge >= 0.3 is 0 Å². The van der Waals surface area contributed by atoms with Crippen LogP contribution in [-0.2, 0) is 22.7 Å². The number of hydrogen-bond donors (Lipinski definition) is 0. The predicted molar refractivity (Wildman–Crippen MR) is 80.9 cm³/mol. The summed E-state index contributed by atoms with van der Waals surface area (Å²) in [5.41, 5.74) is 3.02. The number of sulfone groups is 1. The molecule has 0 bridgehead atoms. The van der Waals surface area contributed by atoms with Crippen molar-refractivity contribution in [3.63, 3.8) is 0 Å². The fourth-order valence-corrected chi connectivity index (χ4v) is 4.18. The summed E-state index contributed by atoms with van der Waals surface area (Å²) in [6.45, 7) is 5.40. The smallest absolute Gasteiger partial charge is 0.177 e. The van der Waals surface area contributed by atoms with Crippen molar-refractivity contribution in [2.24, 2.45) is 5.92 Å². The van der Waals surface area contributed by atoms with Gasteiger partial charge in [-0.2, -0.15) is 0 Å². The second-order valence-electron chi connectivity index (χ2n) is 6.02. The summed E-state index contributed by atoms with van der Waals surface area (Å²) in [6.07, 6.45) is 3.17. The van der Waals surface area contributed by atoms with E-state index in [1.165, 1.54) is 11.1 Å². The summed E-state index contributed by atoms with van der Waals surface area (Å²) in [5.74, 6) is -0.648. The van der Waals surface area contributed by atoms with Gasteiger partial charge in [0.05, 0.1) is 5.25 Å². The van der Waals surface area contributed by atoms with Crippen molar-refractivity contribution in [3.05, 3.63) is 34.9 Å². The van der Waals surface area contributed by atoms with Gasteiger partial charge in [0.25, 0.3) is 0 Å². The van der Waals surface area contributed by atoms with Crippen LogP contribution in [0.1, 0.15) is 48.7 Å².